The monoisotopic (exact) mass is 218 g/mol. The summed E-state index contributed by atoms with van der Waals surface area (Å²) in [6.45, 7) is 0. The van der Waals surface area contributed by atoms with Gasteiger partial charge in [0.15, 0.2) is 5.78 Å². The van der Waals surface area contributed by atoms with Crippen molar-refractivity contribution < 1.29 is 4.79 Å². The van der Waals surface area contributed by atoms with Crippen molar-refractivity contribution in [1.82, 2.24) is 0 Å². The molecule has 1 nitrogen and oxygen atoms in total. The Morgan fingerprint density at radius 3 is 2.41 bits per heavy atom. The summed E-state index contributed by atoms with van der Waals surface area (Å²) in [4.78, 5) is 12.4. The Kier molecular flexibility index (Phi) is 1.55. The van der Waals surface area contributed by atoms with Gasteiger partial charge in [0.1, 0.15) is 0 Å². The molecule has 1 atom stereocenters. The van der Waals surface area contributed by atoms with Crippen molar-refractivity contribution >= 4 is 17.4 Å². The molecule has 0 fully saturated rings. The molecule has 0 saturated heterocycles. The molecule has 0 spiro atoms. The molecule has 0 N–H and O–H groups in total. The van der Waals surface area contributed by atoms with Gasteiger partial charge < -0.3 is 0 Å². The molecule has 2 aliphatic carbocycles. The Labute approximate surface area is 99.4 Å². The molecule has 2 aromatic carbocycles. The Balaban J connectivity index is 2.03. The van der Waals surface area contributed by atoms with Gasteiger partial charge in [0.25, 0.3) is 0 Å². The highest BCUT2D eigenvalue weighted by Crippen LogP contribution is 2.49. The summed E-state index contributed by atoms with van der Waals surface area (Å²) < 4.78 is 0. The molecule has 2 aromatic rings. The quantitative estimate of drug-likeness (QED) is 0.661. The van der Waals surface area contributed by atoms with Gasteiger partial charge in [-0.15, -0.1) is 0 Å². The Morgan fingerprint density at radius 2 is 1.53 bits per heavy atom. The van der Waals surface area contributed by atoms with Crippen molar-refractivity contribution in [3.63, 3.8) is 0 Å². The van der Waals surface area contributed by atoms with Crippen LogP contribution in [-0.2, 0) is 0 Å². The third-order valence-electron chi connectivity index (χ3n) is 3.69. The summed E-state index contributed by atoms with van der Waals surface area (Å²) in [7, 11) is 0. The first-order valence-corrected chi connectivity index (χ1v) is 5.80. The summed E-state index contributed by atoms with van der Waals surface area (Å²) in [5.74, 6) is 0.195. The lowest BCUT2D eigenvalue weighted by Crippen LogP contribution is -2.04. The molecule has 2 aliphatic rings. The van der Waals surface area contributed by atoms with E-state index >= 15 is 0 Å². The lowest BCUT2D eigenvalue weighted by molar-refractivity contribution is 0.0987. The fourth-order valence-electron chi connectivity index (χ4n) is 2.94. The number of carbonyl (C=O) groups excluding carboxylic acids is 1. The van der Waals surface area contributed by atoms with Crippen molar-refractivity contribution in [1.29, 1.82) is 0 Å². The third-order valence-corrected chi connectivity index (χ3v) is 3.69. The second-order valence-electron chi connectivity index (χ2n) is 4.57. The minimum atomic E-state index is -0.0522. The van der Waals surface area contributed by atoms with Gasteiger partial charge in [-0.25, -0.2) is 0 Å². The van der Waals surface area contributed by atoms with Crippen LogP contribution in [0.3, 0.4) is 0 Å². The standard InChI is InChI=1S/C16H10O/c17-16-13-8-4-3-7-12(13)14-9-10-5-1-2-6-11(10)15(14)16/h1-9,15H. The van der Waals surface area contributed by atoms with Crippen LogP contribution in [0.25, 0.3) is 11.6 Å². The van der Waals surface area contributed by atoms with Crippen LogP contribution in [0, 0.1) is 0 Å². The Hall–Kier alpha value is -2.15. The molecule has 17 heavy (non-hydrogen) atoms. The summed E-state index contributed by atoms with van der Waals surface area (Å²) in [5, 5.41) is 0. The van der Waals surface area contributed by atoms with Crippen molar-refractivity contribution in [2.45, 2.75) is 5.92 Å². The minimum Gasteiger partial charge on any atom is -0.293 e. The van der Waals surface area contributed by atoms with E-state index in [1.165, 1.54) is 11.1 Å². The zero-order chi connectivity index (χ0) is 11.4. The van der Waals surface area contributed by atoms with E-state index in [1.54, 1.807) is 0 Å². The number of hydrogen-bond acceptors (Lipinski definition) is 1. The lowest BCUT2D eigenvalue weighted by Gasteiger charge is -2.06. The first-order valence-electron chi connectivity index (χ1n) is 5.80. The maximum atomic E-state index is 12.4. The summed E-state index contributed by atoms with van der Waals surface area (Å²) >= 11 is 0. The smallest absolute Gasteiger partial charge is 0.175 e. The second-order valence-corrected chi connectivity index (χ2v) is 4.57. The Bertz CT molecular complexity index is 679. The minimum absolute atomic E-state index is 0.0522. The van der Waals surface area contributed by atoms with E-state index in [-0.39, 0.29) is 11.7 Å². The molecule has 1 unspecified atom stereocenters. The predicted molar refractivity (Wildman–Crippen MR) is 67.8 cm³/mol. The SMILES string of the molecule is O=C1c2ccccc2C2=Cc3ccccc3C12. The number of hydrogen-bond donors (Lipinski definition) is 0. The van der Waals surface area contributed by atoms with Crippen LogP contribution < -0.4 is 0 Å². The highest BCUT2D eigenvalue weighted by molar-refractivity contribution is 6.22. The van der Waals surface area contributed by atoms with E-state index in [1.807, 2.05) is 36.4 Å². The molecule has 0 amide bonds. The molecule has 4 rings (SSSR count). The number of benzene rings is 2. The van der Waals surface area contributed by atoms with Crippen molar-refractivity contribution in [2.75, 3.05) is 0 Å². The van der Waals surface area contributed by atoms with Crippen LogP contribution in [0.15, 0.2) is 48.5 Å². The molecule has 0 radical (unpaired) electrons. The first kappa shape index (κ1) is 8.94. The van der Waals surface area contributed by atoms with E-state index < -0.39 is 0 Å². The number of ketones is 1. The first-order chi connectivity index (χ1) is 8.36. The van der Waals surface area contributed by atoms with Gasteiger partial charge in [0.2, 0.25) is 0 Å². The van der Waals surface area contributed by atoms with Gasteiger partial charge in [-0.1, -0.05) is 48.5 Å². The molecule has 0 bridgehead atoms. The van der Waals surface area contributed by atoms with Gasteiger partial charge in [0, 0.05) is 5.56 Å². The molecule has 0 saturated carbocycles. The van der Waals surface area contributed by atoms with Crippen LogP contribution in [0.5, 0.6) is 0 Å². The number of carbonyl (C=O) groups is 1. The van der Waals surface area contributed by atoms with Gasteiger partial charge >= 0.3 is 0 Å². The van der Waals surface area contributed by atoms with Gasteiger partial charge in [0.05, 0.1) is 5.92 Å². The van der Waals surface area contributed by atoms with E-state index in [4.69, 9.17) is 0 Å². The third kappa shape index (κ3) is 1.01. The summed E-state index contributed by atoms with van der Waals surface area (Å²) in [6, 6.07) is 16.1. The molecule has 80 valence electrons. The molecule has 0 aliphatic heterocycles. The number of fused-ring (bicyclic) bond motifs is 5. The van der Waals surface area contributed by atoms with Gasteiger partial charge in [-0.3, -0.25) is 4.79 Å². The molecule has 1 heteroatoms. The van der Waals surface area contributed by atoms with Crippen LogP contribution in [0.1, 0.15) is 33.0 Å². The fourth-order valence-corrected chi connectivity index (χ4v) is 2.94. The highest BCUT2D eigenvalue weighted by Gasteiger charge is 2.39. The van der Waals surface area contributed by atoms with Gasteiger partial charge in [-0.05, 0) is 28.3 Å². The maximum Gasteiger partial charge on any atom is 0.175 e. The number of Topliss-reactive ketones (excluding diaryl/α,β-unsaturated/α-hetero) is 1. The Morgan fingerprint density at radius 1 is 0.824 bits per heavy atom. The van der Waals surface area contributed by atoms with E-state index in [9.17, 15) is 4.79 Å². The van der Waals surface area contributed by atoms with Crippen LogP contribution in [0.2, 0.25) is 0 Å². The van der Waals surface area contributed by atoms with Crippen molar-refractivity contribution in [3.05, 3.63) is 70.8 Å². The second kappa shape index (κ2) is 2.95. The molecular weight excluding hydrogens is 208 g/mol. The molecular formula is C16H10O. The zero-order valence-electron chi connectivity index (χ0n) is 9.18. The zero-order valence-corrected chi connectivity index (χ0v) is 9.18. The van der Waals surface area contributed by atoms with E-state index in [0.29, 0.717) is 0 Å². The number of allylic oxidation sites excluding steroid dienone is 1. The molecule has 0 aromatic heterocycles. The van der Waals surface area contributed by atoms with E-state index in [2.05, 4.69) is 18.2 Å². The average molecular weight is 218 g/mol. The highest BCUT2D eigenvalue weighted by atomic mass is 16.1. The number of rotatable bonds is 0. The van der Waals surface area contributed by atoms with Gasteiger partial charge in [-0.2, -0.15) is 0 Å². The van der Waals surface area contributed by atoms with Crippen LogP contribution in [-0.4, -0.2) is 5.78 Å². The average Bonchev–Trinajstić information content (AvgIpc) is 2.88. The summed E-state index contributed by atoms with van der Waals surface area (Å²) in [6.07, 6.45) is 2.16. The van der Waals surface area contributed by atoms with Crippen molar-refractivity contribution in [2.24, 2.45) is 0 Å². The van der Waals surface area contributed by atoms with Crippen LogP contribution >= 0.6 is 0 Å². The predicted octanol–water partition coefficient (Wildman–Crippen LogP) is 3.52. The maximum absolute atomic E-state index is 12.4. The van der Waals surface area contributed by atoms with Crippen molar-refractivity contribution in [3.8, 4) is 0 Å². The lowest BCUT2D eigenvalue weighted by atomic mass is 9.95. The van der Waals surface area contributed by atoms with Crippen LogP contribution in [0.4, 0.5) is 0 Å². The summed E-state index contributed by atoms with van der Waals surface area (Å²) in [5.41, 5.74) is 5.50. The fraction of sp³-hybridized carbons (Fsp3) is 0.0625. The molecule has 0 heterocycles. The largest absolute Gasteiger partial charge is 0.293 e. The normalized spacial score (nSPS) is 19.6. The van der Waals surface area contributed by atoms with E-state index in [0.717, 1.165) is 16.7 Å². The topological polar surface area (TPSA) is 17.1 Å².